The van der Waals surface area contributed by atoms with Crippen molar-refractivity contribution in [2.75, 3.05) is 0 Å². The van der Waals surface area contributed by atoms with Crippen LogP contribution in [0.5, 0.6) is 0 Å². The van der Waals surface area contributed by atoms with E-state index in [1.807, 2.05) is 0 Å². The van der Waals surface area contributed by atoms with Crippen LogP contribution >= 0.6 is 0 Å². The summed E-state index contributed by atoms with van der Waals surface area (Å²) < 4.78 is 0. The summed E-state index contributed by atoms with van der Waals surface area (Å²) in [5, 5.41) is 9.18. The van der Waals surface area contributed by atoms with E-state index in [1.54, 1.807) is 0 Å². The molecule has 1 N–H and O–H groups in total. The van der Waals surface area contributed by atoms with E-state index in [1.165, 1.54) is 36.8 Å². The second-order valence-corrected chi connectivity index (χ2v) is 7.18. The van der Waals surface area contributed by atoms with Crippen LogP contribution in [0.15, 0.2) is 11.1 Å². The van der Waals surface area contributed by atoms with Gasteiger partial charge in [0.2, 0.25) is 0 Å². The Morgan fingerprint density at radius 2 is 2.00 bits per heavy atom. The number of fused-ring (bicyclic) bond motifs is 1. The number of rotatable bonds is 2. The Balaban J connectivity index is 2.41. The molecule has 0 aromatic carbocycles. The Bertz CT molecular complexity index is 392. The highest BCUT2D eigenvalue weighted by Crippen LogP contribution is 2.59. The highest BCUT2D eigenvalue weighted by atomic mass is 16.4. The number of allylic oxidation sites excluding steroid dienone is 1. The van der Waals surface area contributed by atoms with Crippen LogP contribution in [0, 0.1) is 16.7 Å². The van der Waals surface area contributed by atoms with Crippen LogP contribution in [0.4, 0.5) is 0 Å². The molecule has 2 nitrogen and oxygen atoms in total. The normalized spacial score (nSPS) is 35.2. The van der Waals surface area contributed by atoms with Gasteiger partial charge in [-0.1, -0.05) is 38.3 Å². The number of carboxylic acids is 1. The van der Waals surface area contributed by atoms with Gasteiger partial charge in [0.15, 0.2) is 0 Å². The molecule has 0 aliphatic heterocycles. The Kier molecular flexibility index (Phi) is 3.33. The van der Waals surface area contributed by atoms with E-state index in [-0.39, 0.29) is 11.8 Å². The number of carboxylic acid groups (broad SMARTS) is 1. The summed E-state index contributed by atoms with van der Waals surface area (Å²) in [6.07, 6.45) is 6.25. The smallest absolute Gasteiger partial charge is 0.307 e. The van der Waals surface area contributed by atoms with Crippen molar-refractivity contribution in [1.82, 2.24) is 0 Å². The number of aliphatic carboxylic acids is 1. The highest BCUT2D eigenvalue weighted by molar-refractivity contribution is 5.71. The van der Waals surface area contributed by atoms with Gasteiger partial charge in [-0.15, -0.1) is 0 Å². The molecule has 102 valence electrons. The van der Waals surface area contributed by atoms with Crippen LogP contribution in [0.3, 0.4) is 0 Å². The predicted octanol–water partition coefficient (Wildman–Crippen LogP) is 4.40. The first-order chi connectivity index (χ1) is 8.27. The van der Waals surface area contributed by atoms with Crippen molar-refractivity contribution < 1.29 is 9.90 Å². The molecule has 0 spiro atoms. The van der Waals surface area contributed by atoms with Crippen molar-refractivity contribution in [3.05, 3.63) is 11.1 Å². The lowest BCUT2D eigenvalue weighted by molar-refractivity contribution is -0.136. The van der Waals surface area contributed by atoms with Crippen LogP contribution in [-0.2, 0) is 4.79 Å². The van der Waals surface area contributed by atoms with E-state index >= 15 is 0 Å². The zero-order chi connectivity index (χ0) is 13.6. The Morgan fingerprint density at radius 3 is 2.61 bits per heavy atom. The minimum Gasteiger partial charge on any atom is -0.481 e. The first-order valence-corrected chi connectivity index (χ1v) is 7.18. The maximum Gasteiger partial charge on any atom is 0.307 e. The van der Waals surface area contributed by atoms with Gasteiger partial charge in [0, 0.05) is 0 Å². The molecule has 0 aromatic rings. The van der Waals surface area contributed by atoms with Gasteiger partial charge in [-0.2, -0.15) is 0 Å². The van der Waals surface area contributed by atoms with Crippen LogP contribution < -0.4 is 0 Å². The molecule has 0 bridgehead atoms. The summed E-state index contributed by atoms with van der Waals surface area (Å²) >= 11 is 0. The number of hydrogen-bond acceptors (Lipinski definition) is 1. The second kappa shape index (κ2) is 4.40. The monoisotopic (exact) mass is 250 g/mol. The maximum atomic E-state index is 11.2. The van der Waals surface area contributed by atoms with Crippen molar-refractivity contribution >= 4 is 5.97 Å². The largest absolute Gasteiger partial charge is 0.481 e. The van der Waals surface area contributed by atoms with Gasteiger partial charge < -0.3 is 5.11 Å². The Hall–Kier alpha value is -0.790. The molecule has 0 unspecified atom stereocenters. The highest BCUT2D eigenvalue weighted by Gasteiger charge is 2.50. The average molecular weight is 250 g/mol. The minimum atomic E-state index is -0.672. The molecule has 18 heavy (non-hydrogen) atoms. The number of carbonyl (C=O) groups is 1. The van der Waals surface area contributed by atoms with E-state index in [0.717, 1.165) is 6.42 Å². The van der Waals surface area contributed by atoms with Crippen molar-refractivity contribution in [2.24, 2.45) is 16.7 Å². The number of hydrogen-bond donors (Lipinski definition) is 1. The van der Waals surface area contributed by atoms with Gasteiger partial charge in [0.05, 0.1) is 6.42 Å². The minimum absolute atomic E-state index is 0.127. The molecule has 0 amide bonds. The van der Waals surface area contributed by atoms with Gasteiger partial charge in [-0.25, -0.2) is 0 Å². The Labute approximate surface area is 110 Å². The molecule has 2 heteroatoms. The first kappa shape index (κ1) is 13.6. The third-order valence-electron chi connectivity index (χ3n) is 5.57. The van der Waals surface area contributed by atoms with Crippen LogP contribution in [0.1, 0.15) is 66.2 Å². The fraction of sp³-hybridized carbons (Fsp3) is 0.812. The molecule has 1 saturated carbocycles. The summed E-state index contributed by atoms with van der Waals surface area (Å²) in [6.45, 7) is 9.20. The molecular formula is C16H26O2. The first-order valence-electron chi connectivity index (χ1n) is 7.18. The summed E-state index contributed by atoms with van der Waals surface area (Å²) in [5.41, 5.74) is 3.06. The summed E-state index contributed by atoms with van der Waals surface area (Å²) in [4.78, 5) is 11.2. The molecule has 0 heterocycles. The van der Waals surface area contributed by atoms with Crippen LogP contribution in [0.25, 0.3) is 0 Å². The topological polar surface area (TPSA) is 37.3 Å². The second-order valence-electron chi connectivity index (χ2n) is 7.18. The molecule has 2 aliphatic carbocycles. The predicted molar refractivity (Wildman–Crippen MR) is 73.4 cm³/mol. The molecule has 0 radical (unpaired) electrons. The third-order valence-corrected chi connectivity index (χ3v) is 5.57. The Morgan fingerprint density at radius 1 is 1.33 bits per heavy atom. The zero-order valence-corrected chi connectivity index (χ0v) is 12.2. The quantitative estimate of drug-likeness (QED) is 0.737. The van der Waals surface area contributed by atoms with Crippen molar-refractivity contribution in [1.29, 1.82) is 0 Å². The fourth-order valence-corrected chi connectivity index (χ4v) is 4.70. The lowest BCUT2D eigenvalue weighted by atomic mass is 9.50. The maximum absolute atomic E-state index is 11.2. The van der Waals surface area contributed by atoms with Crippen molar-refractivity contribution in [3.63, 3.8) is 0 Å². The van der Waals surface area contributed by atoms with Crippen LogP contribution in [-0.4, -0.2) is 11.1 Å². The van der Waals surface area contributed by atoms with Crippen LogP contribution in [0.2, 0.25) is 0 Å². The lowest BCUT2D eigenvalue weighted by Gasteiger charge is -2.55. The van der Waals surface area contributed by atoms with Gasteiger partial charge in [-0.3, -0.25) is 4.79 Å². The summed E-state index contributed by atoms with van der Waals surface area (Å²) in [6, 6.07) is 0. The van der Waals surface area contributed by atoms with Gasteiger partial charge in [0.25, 0.3) is 0 Å². The van der Waals surface area contributed by atoms with Gasteiger partial charge >= 0.3 is 5.97 Å². The van der Waals surface area contributed by atoms with E-state index in [2.05, 4.69) is 27.7 Å². The fourth-order valence-electron chi connectivity index (χ4n) is 4.70. The SMILES string of the molecule is CC1=C(CC(=O)O)[C@@]2(C)CCCC(C)(C)[C@@H]2CC1. The molecule has 2 atom stereocenters. The molecule has 2 rings (SSSR count). The zero-order valence-electron chi connectivity index (χ0n) is 12.2. The van der Waals surface area contributed by atoms with E-state index in [4.69, 9.17) is 0 Å². The van der Waals surface area contributed by atoms with Crippen molar-refractivity contribution in [2.45, 2.75) is 66.2 Å². The van der Waals surface area contributed by atoms with E-state index < -0.39 is 5.97 Å². The third kappa shape index (κ3) is 2.10. The van der Waals surface area contributed by atoms with E-state index in [0.29, 0.717) is 11.3 Å². The van der Waals surface area contributed by atoms with Crippen molar-refractivity contribution in [3.8, 4) is 0 Å². The lowest BCUT2D eigenvalue weighted by Crippen LogP contribution is -2.45. The summed E-state index contributed by atoms with van der Waals surface area (Å²) in [5.74, 6) is -0.0218. The average Bonchev–Trinajstić information content (AvgIpc) is 2.22. The molecule has 1 fully saturated rings. The molecule has 0 aromatic heterocycles. The van der Waals surface area contributed by atoms with E-state index in [9.17, 15) is 9.90 Å². The summed E-state index contributed by atoms with van der Waals surface area (Å²) in [7, 11) is 0. The standard InChI is InChI=1S/C16H26O2/c1-11-6-7-13-15(2,3)8-5-9-16(13,4)12(11)10-14(17)18/h13H,5-10H2,1-4H3,(H,17,18)/t13-,16+/m0/s1. The molecule has 2 aliphatic rings. The molecule has 0 saturated heterocycles. The van der Waals surface area contributed by atoms with Gasteiger partial charge in [0.1, 0.15) is 0 Å². The van der Waals surface area contributed by atoms with Gasteiger partial charge in [-0.05, 0) is 49.4 Å². The molecular weight excluding hydrogens is 224 g/mol.